The zero-order chi connectivity index (χ0) is 19.1. The van der Waals surface area contributed by atoms with Crippen LogP contribution in [0, 0.1) is 6.92 Å². The van der Waals surface area contributed by atoms with Gasteiger partial charge in [0.1, 0.15) is 0 Å². The van der Waals surface area contributed by atoms with Crippen molar-refractivity contribution in [2.24, 2.45) is 0 Å². The zero-order valence-electron chi connectivity index (χ0n) is 15.7. The molecule has 0 radical (unpaired) electrons. The van der Waals surface area contributed by atoms with E-state index in [-0.39, 0.29) is 5.91 Å². The van der Waals surface area contributed by atoms with E-state index >= 15 is 0 Å². The van der Waals surface area contributed by atoms with E-state index < -0.39 is 0 Å². The number of benzene rings is 2. The van der Waals surface area contributed by atoms with Crippen molar-refractivity contribution < 1.29 is 19.0 Å². The lowest BCUT2D eigenvalue weighted by Gasteiger charge is -2.17. The highest BCUT2D eigenvalue weighted by Crippen LogP contribution is 2.39. The van der Waals surface area contributed by atoms with E-state index in [1.54, 1.807) is 24.3 Å². The molecule has 6 nitrogen and oxygen atoms in total. The van der Waals surface area contributed by atoms with Gasteiger partial charge in [0.05, 0.1) is 19.8 Å². The molecule has 0 heterocycles. The first-order valence-electron chi connectivity index (χ1n) is 8.74. The van der Waals surface area contributed by atoms with Crippen molar-refractivity contribution >= 4 is 17.3 Å². The molecule has 0 bridgehead atoms. The van der Waals surface area contributed by atoms with Crippen LogP contribution in [-0.2, 0) is 0 Å². The van der Waals surface area contributed by atoms with Crippen molar-refractivity contribution in [1.29, 1.82) is 0 Å². The third kappa shape index (κ3) is 4.59. The average Bonchev–Trinajstić information content (AvgIpc) is 2.61. The molecule has 0 aliphatic rings. The number of hydrogen-bond donors (Lipinski definition) is 2. The molecule has 2 aromatic rings. The number of carbonyl (C=O) groups is 1. The number of amides is 1. The maximum Gasteiger partial charge on any atom is 0.255 e. The molecule has 6 heteroatoms. The summed E-state index contributed by atoms with van der Waals surface area (Å²) in [5.41, 5.74) is 8.41. The summed E-state index contributed by atoms with van der Waals surface area (Å²) >= 11 is 0. The van der Waals surface area contributed by atoms with Crippen molar-refractivity contribution in [3.8, 4) is 17.2 Å². The van der Waals surface area contributed by atoms with E-state index in [4.69, 9.17) is 19.9 Å². The van der Waals surface area contributed by atoms with Crippen LogP contribution in [0.1, 0.15) is 36.7 Å². The quantitative estimate of drug-likeness (QED) is 0.696. The van der Waals surface area contributed by atoms with Gasteiger partial charge in [-0.1, -0.05) is 6.07 Å². The molecule has 0 unspecified atom stereocenters. The summed E-state index contributed by atoms with van der Waals surface area (Å²) in [6.07, 6.45) is 0. The molecule has 0 fully saturated rings. The SMILES string of the molecule is CCOc1cc(C(=O)Nc2cc(N)ccc2C)cc(OCC)c1OCC. The lowest BCUT2D eigenvalue weighted by molar-refractivity contribution is 0.102. The van der Waals surface area contributed by atoms with Crippen LogP contribution in [0.4, 0.5) is 11.4 Å². The predicted molar refractivity (Wildman–Crippen MR) is 103 cm³/mol. The average molecular weight is 358 g/mol. The summed E-state index contributed by atoms with van der Waals surface area (Å²) in [4.78, 5) is 12.8. The second-order valence-corrected chi connectivity index (χ2v) is 5.63. The van der Waals surface area contributed by atoms with Gasteiger partial charge >= 0.3 is 0 Å². The maximum atomic E-state index is 12.8. The standard InChI is InChI=1S/C20H26N2O4/c1-5-24-17-10-14(11-18(25-6-2)19(17)26-7-3)20(23)22-16-12-15(21)9-8-13(16)4/h8-12H,5-7,21H2,1-4H3,(H,22,23). The van der Waals surface area contributed by atoms with E-state index in [1.165, 1.54) is 0 Å². The minimum atomic E-state index is -0.274. The highest BCUT2D eigenvalue weighted by atomic mass is 16.5. The van der Waals surface area contributed by atoms with Crippen LogP contribution in [0.5, 0.6) is 17.2 Å². The Balaban J connectivity index is 2.40. The highest BCUT2D eigenvalue weighted by Gasteiger charge is 2.18. The number of aryl methyl sites for hydroxylation is 1. The van der Waals surface area contributed by atoms with Gasteiger partial charge in [-0.3, -0.25) is 4.79 Å². The number of rotatable bonds is 8. The molecule has 1 amide bonds. The second kappa shape index (κ2) is 8.99. The minimum absolute atomic E-state index is 0.274. The summed E-state index contributed by atoms with van der Waals surface area (Å²) < 4.78 is 17.0. The number of nitrogens with two attached hydrogens (primary N) is 1. The molecule has 0 atom stereocenters. The van der Waals surface area contributed by atoms with Crippen LogP contribution in [0.15, 0.2) is 30.3 Å². The van der Waals surface area contributed by atoms with Gasteiger partial charge in [-0.2, -0.15) is 0 Å². The number of hydrogen-bond acceptors (Lipinski definition) is 5. The van der Waals surface area contributed by atoms with Gasteiger partial charge in [0.2, 0.25) is 5.75 Å². The molecular formula is C20H26N2O4. The first-order chi connectivity index (χ1) is 12.5. The summed E-state index contributed by atoms with van der Waals surface area (Å²) in [6.45, 7) is 8.90. The molecule has 0 aliphatic heterocycles. The number of nitrogen functional groups attached to an aromatic ring is 1. The van der Waals surface area contributed by atoms with Crippen LogP contribution >= 0.6 is 0 Å². The number of carbonyl (C=O) groups excluding carboxylic acids is 1. The number of ether oxygens (including phenoxy) is 3. The minimum Gasteiger partial charge on any atom is -0.490 e. The van der Waals surface area contributed by atoms with E-state index in [2.05, 4.69) is 5.32 Å². The fourth-order valence-electron chi connectivity index (χ4n) is 2.49. The van der Waals surface area contributed by atoms with E-state index in [9.17, 15) is 4.79 Å². The van der Waals surface area contributed by atoms with Crippen LogP contribution in [0.25, 0.3) is 0 Å². The van der Waals surface area contributed by atoms with Gasteiger partial charge in [0.15, 0.2) is 11.5 Å². The van der Waals surface area contributed by atoms with Gasteiger partial charge in [0, 0.05) is 16.9 Å². The van der Waals surface area contributed by atoms with Gasteiger partial charge < -0.3 is 25.3 Å². The first kappa shape index (κ1) is 19.4. The summed E-state index contributed by atoms with van der Waals surface area (Å²) in [5, 5.41) is 2.89. The summed E-state index contributed by atoms with van der Waals surface area (Å²) in [5.74, 6) is 1.20. The number of anilines is 2. The second-order valence-electron chi connectivity index (χ2n) is 5.63. The van der Waals surface area contributed by atoms with E-state index in [0.29, 0.717) is 54.0 Å². The summed E-state index contributed by atoms with van der Waals surface area (Å²) in [7, 11) is 0. The third-order valence-electron chi connectivity index (χ3n) is 3.68. The van der Waals surface area contributed by atoms with E-state index in [0.717, 1.165) is 5.56 Å². The molecule has 0 spiro atoms. The Morgan fingerprint density at radius 1 is 0.962 bits per heavy atom. The molecular weight excluding hydrogens is 332 g/mol. The molecule has 2 aromatic carbocycles. The van der Waals surface area contributed by atoms with Gasteiger partial charge in [-0.15, -0.1) is 0 Å². The lowest BCUT2D eigenvalue weighted by atomic mass is 10.1. The third-order valence-corrected chi connectivity index (χ3v) is 3.68. The van der Waals surface area contributed by atoms with Crippen LogP contribution in [0.2, 0.25) is 0 Å². The molecule has 3 N–H and O–H groups in total. The predicted octanol–water partition coefficient (Wildman–Crippen LogP) is 4.03. The van der Waals surface area contributed by atoms with Crippen molar-refractivity contribution in [3.05, 3.63) is 41.5 Å². The van der Waals surface area contributed by atoms with Crippen molar-refractivity contribution in [2.75, 3.05) is 30.9 Å². The zero-order valence-corrected chi connectivity index (χ0v) is 15.7. The van der Waals surface area contributed by atoms with Crippen LogP contribution in [0.3, 0.4) is 0 Å². The van der Waals surface area contributed by atoms with Gasteiger partial charge in [-0.05, 0) is 57.5 Å². The molecule has 26 heavy (non-hydrogen) atoms. The Hall–Kier alpha value is -2.89. The fraction of sp³-hybridized carbons (Fsp3) is 0.350. The Morgan fingerprint density at radius 2 is 1.54 bits per heavy atom. The molecule has 140 valence electrons. The van der Waals surface area contributed by atoms with Gasteiger partial charge in [0.25, 0.3) is 5.91 Å². The van der Waals surface area contributed by atoms with Gasteiger partial charge in [-0.25, -0.2) is 0 Å². The Labute approximate surface area is 154 Å². The topological polar surface area (TPSA) is 82.8 Å². The summed E-state index contributed by atoms with van der Waals surface area (Å²) in [6, 6.07) is 8.71. The van der Waals surface area contributed by atoms with Crippen molar-refractivity contribution in [3.63, 3.8) is 0 Å². The molecule has 2 rings (SSSR count). The highest BCUT2D eigenvalue weighted by molar-refractivity contribution is 6.05. The van der Waals surface area contributed by atoms with E-state index in [1.807, 2.05) is 33.8 Å². The van der Waals surface area contributed by atoms with Crippen molar-refractivity contribution in [1.82, 2.24) is 0 Å². The molecule has 0 aliphatic carbocycles. The maximum absolute atomic E-state index is 12.8. The van der Waals surface area contributed by atoms with Crippen LogP contribution < -0.4 is 25.3 Å². The Bertz CT molecular complexity index is 747. The normalized spacial score (nSPS) is 10.3. The molecule has 0 saturated heterocycles. The largest absolute Gasteiger partial charge is 0.490 e. The number of nitrogens with one attached hydrogen (secondary N) is 1. The monoisotopic (exact) mass is 358 g/mol. The van der Waals surface area contributed by atoms with Crippen LogP contribution in [-0.4, -0.2) is 25.7 Å². The molecule has 0 saturated carbocycles. The Morgan fingerprint density at radius 3 is 2.08 bits per heavy atom. The Kier molecular flexibility index (Phi) is 6.72. The lowest BCUT2D eigenvalue weighted by Crippen LogP contribution is -2.14. The van der Waals surface area contributed by atoms with Crippen molar-refractivity contribution in [2.45, 2.75) is 27.7 Å². The molecule has 0 aromatic heterocycles. The first-order valence-corrected chi connectivity index (χ1v) is 8.74. The fourth-order valence-corrected chi connectivity index (χ4v) is 2.49. The smallest absolute Gasteiger partial charge is 0.255 e.